The van der Waals surface area contributed by atoms with Gasteiger partial charge < -0.3 is 14.5 Å². The lowest BCUT2D eigenvalue weighted by molar-refractivity contribution is -0.116. The summed E-state index contributed by atoms with van der Waals surface area (Å²) in [5.74, 6) is 1.18. The largest absolute Gasteiger partial charge is 0.493 e. The molecule has 0 bridgehead atoms. The van der Waals surface area contributed by atoms with E-state index in [1.54, 1.807) is 6.08 Å². The van der Waals surface area contributed by atoms with E-state index >= 15 is 0 Å². The number of amides is 1. The van der Waals surface area contributed by atoms with Crippen LogP contribution in [0, 0.1) is 5.92 Å². The summed E-state index contributed by atoms with van der Waals surface area (Å²) in [5, 5.41) is 6.34. The van der Waals surface area contributed by atoms with E-state index in [4.69, 9.17) is 9.15 Å². The number of nitrogens with one attached hydrogen (secondary N) is 1. The number of rotatable bonds is 8. The predicted octanol–water partition coefficient (Wildman–Crippen LogP) is 7.22. The molecular weight excluding hydrogens is 410 g/mol. The van der Waals surface area contributed by atoms with Gasteiger partial charge in [-0.1, -0.05) is 56.3 Å². The Morgan fingerprint density at radius 3 is 2.64 bits per heavy atom. The maximum Gasteiger partial charge on any atom is 0.244 e. The molecule has 0 spiro atoms. The molecule has 4 rings (SSSR count). The fraction of sp³-hybridized carbons (Fsp3) is 0.276. The Kier molecular flexibility index (Phi) is 6.83. The number of carbonyl (C=O) groups is 1. The summed E-state index contributed by atoms with van der Waals surface area (Å²) in [6.45, 7) is 9.40. The van der Waals surface area contributed by atoms with Crippen LogP contribution in [0.2, 0.25) is 0 Å². The maximum atomic E-state index is 12.5. The molecule has 4 nitrogen and oxygen atoms in total. The first-order valence-corrected chi connectivity index (χ1v) is 11.6. The summed E-state index contributed by atoms with van der Waals surface area (Å²) in [7, 11) is 0. The van der Waals surface area contributed by atoms with Gasteiger partial charge in [-0.15, -0.1) is 0 Å². The van der Waals surface area contributed by atoms with E-state index in [1.165, 1.54) is 10.8 Å². The van der Waals surface area contributed by atoms with Crippen LogP contribution in [0.1, 0.15) is 39.7 Å². The summed E-state index contributed by atoms with van der Waals surface area (Å²) >= 11 is 0. The Morgan fingerprint density at radius 1 is 1.06 bits per heavy atom. The number of ether oxygens (including phenoxy) is 1. The normalized spacial score (nSPS) is 12.0. The Labute approximate surface area is 195 Å². The molecule has 0 unspecified atom stereocenters. The molecule has 170 valence electrons. The van der Waals surface area contributed by atoms with Crippen molar-refractivity contribution in [2.24, 2.45) is 5.92 Å². The van der Waals surface area contributed by atoms with E-state index in [2.05, 4.69) is 61.6 Å². The standard InChI is InChI=1S/C29H31NO3/c1-5-32-27-17-28-25(16-24(27)20(4)15-29(31)30-14-13-19(2)3)26(18-33-28)23-12-8-10-21-9-6-7-11-22(21)23/h6-12,15-19H,5,13-14H2,1-4H3,(H,30,31)/b20-15+. The first-order chi connectivity index (χ1) is 16.0. The van der Waals surface area contributed by atoms with E-state index in [9.17, 15) is 4.79 Å². The highest BCUT2D eigenvalue weighted by atomic mass is 16.5. The Bertz CT molecular complexity index is 1310. The number of allylic oxidation sites excluding steroid dienone is 1. The van der Waals surface area contributed by atoms with Gasteiger partial charge in [-0.3, -0.25) is 4.79 Å². The van der Waals surface area contributed by atoms with Crippen LogP contribution in [0.25, 0.3) is 38.4 Å². The zero-order valence-electron chi connectivity index (χ0n) is 19.8. The van der Waals surface area contributed by atoms with Gasteiger partial charge in [0, 0.05) is 35.2 Å². The Balaban J connectivity index is 1.77. The quantitative estimate of drug-likeness (QED) is 0.294. The second-order valence-electron chi connectivity index (χ2n) is 8.75. The second kappa shape index (κ2) is 9.95. The van der Waals surface area contributed by atoms with E-state index in [0.717, 1.165) is 39.7 Å². The summed E-state index contributed by atoms with van der Waals surface area (Å²) in [5.41, 5.74) is 4.66. The van der Waals surface area contributed by atoms with Gasteiger partial charge in [-0.2, -0.15) is 0 Å². The zero-order chi connectivity index (χ0) is 23.4. The summed E-state index contributed by atoms with van der Waals surface area (Å²) in [6, 6.07) is 18.7. The third-order valence-corrected chi connectivity index (χ3v) is 5.85. The number of benzene rings is 3. The maximum absolute atomic E-state index is 12.5. The van der Waals surface area contributed by atoms with Crippen molar-refractivity contribution in [1.82, 2.24) is 5.32 Å². The van der Waals surface area contributed by atoms with Gasteiger partial charge in [-0.05, 0) is 54.2 Å². The van der Waals surface area contributed by atoms with Crippen molar-refractivity contribution < 1.29 is 13.9 Å². The lowest BCUT2D eigenvalue weighted by Gasteiger charge is -2.12. The predicted molar refractivity (Wildman–Crippen MR) is 136 cm³/mol. The molecule has 0 aliphatic rings. The third kappa shape index (κ3) is 4.95. The van der Waals surface area contributed by atoms with E-state index in [-0.39, 0.29) is 5.91 Å². The molecule has 1 heterocycles. The topological polar surface area (TPSA) is 51.5 Å². The Morgan fingerprint density at radius 2 is 1.85 bits per heavy atom. The van der Waals surface area contributed by atoms with Crippen LogP contribution in [-0.4, -0.2) is 19.1 Å². The van der Waals surface area contributed by atoms with Gasteiger partial charge in [0.25, 0.3) is 0 Å². The first kappa shape index (κ1) is 22.7. The summed E-state index contributed by atoms with van der Waals surface area (Å²) < 4.78 is 11.9. The van der Waals surface area contributed by atoms with Gasteiger partial charge in [0.2, 0.25) is 5.91 Å². The van der Waals surface area contributed by atoms with Crippen LogP contribution < -0.4 is 10.1 Å². The number of hydrogen-bond donors (Lipinski definition) is 1. The summed E-state index contributed by atoms with van der Waals surface area (Å²) in [4.78, 5) is 12.5. The number of hydrogen-bond acceptors (Lipinski definition) is 3. The van der Waals surface area contributed by atoms with Crippen LogP contribution in [-0.2, 0) is 4.79 Å². The minimum Gasteiger partial charge on any atom is -0.493 e. The monoisotopic (exact) mass is 441 g/mol. The third-order valence-electron chi connectivity index (χ3n) is 5.85. The molecule has 1 N–H and O–H groups in total. The van der Waals surface area contributed by atoms with Crippen LogP contribution in [0.15, 0.2) is 71.4 Å². The van der Waals surface area contributed by atoms with Crippen molar-refractivity contribution in [3.05, 3.63) is 72.5 Å². The van der Waals surface area contributed by atoms with Crippen molar-refractivity contribution >= 4 is 33.2 Å². The van der Waals surface area contributed by atoms with Crippen molar-refractivity contribution in [2.75, 3.05) is 13.2 Å². The first-order valence-electron chi connectivity index (χ1n) is 11.6. The fourth-order valence-electron chi connectivity index (χ4n) is 4.12. The van der Waals surface area contributed by atoms with Crippen molar-refractivity contribution in [2.45, 2.75) is 34.1 Å². The van der Waals surface area contributed by atoms with Crippen molar-refractivity contribution in [3.63, 3.8) is 0 Å². The average molecular weight is 442 g/mol. The smallest absolute Gasteiger partial charge is 0.244 e. The van der Waals surface area contributed by atoms with E-state index < -0.39 is 0 Å². The highest BCUT2D eigenvalue weighted by Gasteiger charge is 2.16. The highest BCUT2D eigenvalue weighted by molar-refractivity contribution is 6.06. The number of carbonyl (C=O) groups excluding carboxylic acids is 1. The fourth-order valence-corrected chi connectivity index (χ4v) is 4.12. The molecule has 0 saturated carbocycles. The molecule has 0 radical (unpaired) electrons. The van der Waals surface area contributed by atoms with Crippen LogP contribution in [0.3, 0.4) is 0 Å². The molecule has 0 aliphatic carbocycles. The molecule has 0 atom stereocenters. The number of fused-ring (bicyclic) bond motifs is 2. The minimum absolute atomic E-state index is 0.0860. The molecular formula is C29H31NO3. The van der Waals surface area contributed by atoms with Crippen molar-refractivity contribution in [1.29, 1.82) is 0 Å². The van der Waals surface area contributed by atoms with E-state index in [0.29, 0.717) is 24.8 Å². The SMILES string of the molecule is CCOc1cc2occ(-c3cccc4ccccc34)c2cc1/C(C)=C/C(=O)NCCC(C)C. The molecule has 33 heavy (non-hydrogen) atoms. The van der Waals surface area contributed by atoms with Gasteiger partial charge in [0.15, 0.2) is 0 Å². The minimum atomic E-state index is -0.0860. The molecule has 4 heteroatoms. The summed E-state index contributed by atoms with van der Waals surface area (Å²) in [6.07, 6.45) is 4.42. The Hall–Kier alpha value is -3.53. The second-order valence-corrected chi connectivity index (χ2v) is 8.75. The molecule has 1 amide bonds. The van der Waals surface area contributed by atoms with Gasteiger partial charge in [0.05, 0.1) is 12.9 Å². The van der Waals surface area contributed by atoms with Crippen LogP contribution in [0.5, 0.6) is 5.75 Å². The lowest BCUT2D eigenvalue weighted by Crippen LogP contribution is -2.23. The van der Waals surface area contributed by atoms with Crippen LogP contribution >= 0.6 is 0 Å². The van der Waals surface area contributed by atoms with Crippen LogP contribution in [0.4, 0.5) is 0 Å². The molecule has 1 aromatic heterocycles. The van der Waals surface area contributed by atoms with E-state index in [1.807, 2.05) is 32.2 Å². The highest BCUT2D eigenvalue weighted by Crippen LogP contribution is 2.39. The van der Waals surface area contributed by atoms with Gasteiger partial charge in [-0.25, -0.2) is 0 Å². The molecule has 0 fully saturated rings. The molecule has 3 aromatic carbocycles. The lowest BCUT2D eigenvalue weighted by atomic mass is 9.96. The molecule has 4 aromatic rings. The van der Waals surface area contributed by atoms with Crippen molar-refractivity contribution in [3.8, 4) is 16.9 Å². The molecule has 0 aliphatic heterocycles. The van der Waals surface area contributed by atoms with Gasteiger partial charge >= 0.3 is 0 Å². The van der Waals surface area contributed by atoms with Gasteiger partial charge in [0.1, 0.15) is 11.3 Å². The molecule has 0 saturated heterocycles. The number of furan rings is 1. The zero-order valence-corrected chi connectivity index (χ0v) is 19.8. The average Bonchev–Trinajstić information content (AvgIpc) is 3.20.